The molecule has 3 aromatic rings. The van der Waals surface area contributed by atoms with Crippen molar-refractivity contribution in [3.8, 4) is 0 Å². The molecule has 0 fully saturated rings. The molecule has 0 saturated carbocycles. The topological polar surface area (TPSA) is 84.1 Å². The highest BCUT2D eigenvalue weighted by Gasteiger charge is 2.33. The van der Waals surface area contributed by atoms with Crippen LogP contribution in [-0.4, -0.2) is 41.8 Å². The molecule has 8 heteroatoms. The van der Waals surface area contributed by atoms with Crippen molar-refractivity contribution < 1.29 is 9.90 Å². The third-order valence-corrected chi connectivity index (χ3v) is 5.91. The van der Waals surface area contributed by atoms with Gasteiger partial charge in [0.2, 0.25) is 0 Å². The number of benzene rings is 1. The number of hydrogen-bond acceptors (Lipinski definition) is 6. The van der Waals surface area contributed by atoms with Gasteiger partial charge in [-0.25, -0.2) is 4.98 Å². The molecule has 1 N–H and O–H groups in total. The molecule has 2 aromatic heterocycles. The minimum absolute atomic E-state index is 0.378. The van der Waals surface area contributed by atoms with Crippen molar-refractivity contribution in [1.29, 1.82) is 0 Å². The molecule has 1 aliphatic rings. The third-order valence-electron chi connectivity index (χ3n) is 4.87. The van der Waals surface area contributed by atoms with Crippen LogP contribution in [-0.2, 0) is 37.3 Å². The van der Waals surface area contributed by atoms with E-state index in [0.717, 1.165) is 34.4 Å². The van der Waals surface area contributed by atoms with E-state index in [4.69, 9.17) is 0 Å². The number of carboxylic acid groups (broad SMARTS) is 1. The first kappa shape index (κ1) is 17.8. The summed E-state index contributed by atoms with van der Waals surface area (Å²) in [5, 5.41) is 19.0. The van der Waals surface area contributed by atoms with Gasteiger partial charge in [0, 0.05) is 24.0 Å². The zero-order valence-electron chi connectivity index (χ0n) is 15.1. The molecule has 4 rings (SSSR count). The zero-order valence-corrected chi connectivity index (χ0v) is 15.9. The second-order valence-electron chi connectivity index (χ2n) is 6.74. The van der Waals surface area contributed by atoms with Crippen LogP contribution in [0.5, 0.6) is 0 Å². The number of carbonyl (C=O) groups is 1. The highest BCUT2D eigenvalue weighted by molar-refractivity contribution is 7.11. The fourth-order valence-corrected chi connectivity index (χ4v) is 4.34. The highest BCUT2D eigenvalue weighted by Crippen LogP contribution is 2.23. The Bertz CT molecular complexity index is 937. The lowest BCUT2D eigenvalue weighted by atomic mass is 10.1. The third kappa shape index (κ3) is 3.91. The zero-order chi connectivity index (χ0) is 18.8. The summed E-state index contributed by atoms with van der Waals surface area (Å²) >= 11 is 1.66. The van der Waals surface area contributed by atoms with Crippen LogP contribution < -0.4 is 0 Å². The molecule has 7 nitrogen and oxygen atoms in total. The van der Waals surface area contributed by atoms with Gasteiger partial charge in [-0.15, -0.1) is 21.5 Å². The van der Waals surface area contributed by atoms with E-state index in [1.807, 2.05) is 40.8 Å². The Kier molecular flexibility index (Phi) is 5.00. The summed E-state index contributed by atoms with van der Waals surface area (Å²) < 4.78 is 1.90. The van der Waals surface area contributed by atoms with Gasteiger partial charge in [0.15, 0.2) is 0 Å². The predicted molar refractivity (Wildman–Crippen MR) is 101 cm³/mol. The number of hydrogen-bond donors (Lipinski definition) is 1. The summed E-state index contributed by atoms with van der Waals surface area (Å²) in [4.78, 5) is 19.3. The average Bonchev–Trinajstić information content (AvgIpc) is 3.27. The fraction of sp³-hybridized carbons (Fsp3) is 0.368. The largest absolute Gasteiger partial charge is 0.480 e. The maximum Gasteiger partial charge on any atom is 0.322 e. The molecule has 0 spiro atoms. The van der Waals surface area contributed by atoms with Crippen molar-refractivity contribution in [3.63, 3.8) is 0 Å². The van der Waals surface area contributed by atoms with Gasteiger partial charge in [0.25, 0.3) is 0 Å². The Morgan fingerprint density at radius 3 is 2.85 bits per heavy atom. The first-order valence-electron chi connectivity index (χ1n) is 8.93. The van der Waals surface area contributed by atoms with E-state index >= 15 is 0 Å². The molecule has 0 radical (unpaired) electrons. The van der Waals surface area contributed by atoms with Crippen LogP contribution in [0, 0.1) is 6.92 Å². The van der Waals surface area contributed by atoms with Crippen LogP contribution in [0.1, 0.15) is 27.1 Å². The van der Waals surface area contributed by atoms with E-state index in [1.54, 1.807) is 11.3 Å². The van der Waals surface area contributed by atoms with Gasteiger partial charge >= 0.3 is 5.97 Å². The van der Waals surface area contributed by atoms with Gasteiger partial charge in [-0.2, -0.15) is 0 Å². The molecule has 3 heterocycles. The van der Waals surface area contributed by atoms with E-state index in [0.29, 0.717) is 19.6 Å². The Hall–Kier alpha value is -2.58. The number of rotatable bonds is 6. The van der Waals surface area contributed by atoms with Crippen molar-refractivity contribution in [3.05, 3.63) is 63.6 Å². The van der Waals surface area contributed by atoms with E-state index in [9.17, 15) is 9.90 Å². The summed E-state index contributed by atoms with van der Waals surface area (Å²) in [6.45, 7) is 3.28. The Morgan fingerprint density at radius 2 is 2.07 bits per heavy atom. The predicted octanol–water partition coefficient (Wildman–Crippen LogP) is 2.30. The van der Waals surface area contributed by atoms with Crippen LogP contribution in [0.4, 0.5) is 0 Å². The summed E-state index contributed by atoms with van der Waals surface area (Å²) in [6.07, 6.45) is 3.72. The van der Waals surface area contributed by atoms with E-state index in [-0.39, 0.29) is 0 Å². The van der Waals surface area contributed by atoms with Crippen molar-refractivity contribution in [2.75, 3.05) is 0 Å². The number of aryl methyl sites for hydroxylation is 3. The second-order valence-corrected chi connectivity index (χ2v) is 7.94. The summed E-state index contributed by atoms with van der Waals surface area (Å²) in [5.74, 6) is 0.762. The minimum Gasteiger partial charge on any atom is -0.480 e. The Balaban J connectivity index is 1.43. The van der Waals surface area contributed by atoms with Crippen molar-refractivity contribution in [2.24, 2.45) is 0 Å². The normalized spacial score (nSPS) is 17.0. The van der Waals surface area contributed by atoms with E-state index in [2.05, 4.69) is 27.3 Å². The lowest BCUT2D eigenvalue weighted by Crippen LogP contribution is -2.47. The standard InChI is InChI=1S/C19H21N5O2S/c1-13-21-22-17-12-23(16(19(25)26)11-24(13)17)10-15-9-20-18(27-15)8-7-14-5-3-2-4-6-14/h2-6,9,16H,7-8,10-12H2,1H3,(H,25,26). The number of carboxylic acids is 1. The van der Waals surface area contributed by atoms with Crippen LogP contribution in [0.3, 0.4) is 0 Å². The van der Waals surface area contributed by atoms with E-state index in [1.165, 1.54) is 5.56 Å². The number of thiazole rings is 1. The van der Waals surface area contributed by atoms with Gasteiger partial charge in [0.1, 0.15) is 17.7 Å². The van der Waals surface area contributed by atoms with Crippen molar-refractivity contribution >= 4 is 17.3 Å². The summed E-state index contributed by atoms with van der Waals surface area (Å²) in [6, 6.07) is 9.78. The minimum atomic E-state index is -0.817. The van der Waals surface area contributed by atoms with Crippen LogP contribution in [0.15, 0.2) is 36.5 Å². The summed E-state index contributed by atoms with van der Waals surface area (Å²) in [5.41, 5.74) is 1.30. The number of fused-ring (bicyclic) bond motifs is 1. The second kappa shape index (κ2) is 7.58. The van der Waals surface area contributed by atoms with Crippen molar-refractivity contribution in [2.45, 2.75) is 45.4 Å². The van der Waals surface area contributed by atoms with Gasteiger partial charge < -0.3 is 9.67 Å². The maximum absolute atomic E-state index is 11.8. The number of aliphatic carboxylic acids is 1. The first-order chi connectivity index (χ1) is 13.1. The van der Waals surface area contributed by atoms with Crippen LogP contribution in [0.25, 0.3) is 0 Å². The lowest BCUT2D eigenvalue weighted by molar-refractivity contribution is -0.145. The molecule has 1 aromatic carbocycles. The molecule has 1 unspecified atom stereocenters. The van der Waals surface area contributed by atoms with E-state index < -0.39 is 12.0 Å². The summed E-state index contributed by atoms with van der Waals surface area (Å²) in [7, 11) is 0. The molecule has 140 valence electrons. The monoisotopic (exact) mass is 383 g/mol. The van der Waals surface area contributed by atoms with Gasteiger partial charge in [-0.1, -0.05) is 30.3 Å². The molecule has 1 atom stereocenters. The van der Waals surface area contributed by atoms with Crippen LogP contribution >= 0.6 is 11.3 Å². The lowest BCUT2D eigenvalue weighted by Gasteiger charge is -2.32. The molecule has 27 heavy (non-hydrogen) atoms. The fourth-order valence-electron chi connectivity index (χ4n) is 3.39. The van der Waals surface area contributed by atoms with Gasteiger partial charge in [0.05, 0.1) is 18.1 Å². The maximum atomic E-state index is 11.8. The van der Waals surface area contributed by atoms with Crippen molar-refractivity contribution in [1.82, 2.24) is 24.6 Å². The van der Waals surface area contributed by atoms with Gasteiger partial charge in [-0.05, 0) is 18.9 Å². The smallest absolute Gasteiger partial charge is 0.322 e. The number of nitrogens with zero attached hydrogens (tertiary/aromatic N) is 5. The molecular weight excluding hydrogens is 362 g/mol. The average molecular weight is 383 g/mol. The Labute approximate surface area is 161 Å². The molecule has 1 aliphatic heterocycles. The Morgan fingerprint density at radius 1 is 1.26 bits per heavy atom. The molecule has 0 aliphatic carbocycles. The molecule has 0 bridgehead atoms. The first-order valence-corrected chi connectivity index (χ1v) is 9.75. The number of aromatic nitrogens is 4. The highest BCUT2D eigenvalue weighted by atomic mass is 32.1. The van der Waals surface area contributed by atoms with Gasteiger partial charge in [-0.3, -0.25) is 9.69 Å². The molecular formula is C19H21N5O2S. The molecule has 0 amide bonds. The molecule has 0 saturated heterocycles. The quantitative estimate of drug-likeness (QED) is 0.703. The van der Waals surface area contributed by atoms with Crippen LogP contribution in [0.2, 0.25) is 0 Å². The SMILES string of the molecule is Cc1nnc2n1CC(C(=O)O)N(Cc1cnc(CCc3ccccc3)s1)C2.